The summed E-state index contributed by atoms with van der Waals surface area (Å²) in [7, 11) is 0. The van der Waals surface area contributed by atoms with Gasteiger partial charge in [0.05, 0.1) is 25.2 Å². The Hall–Kier alpha value is -3.22. The molecule has 0 bridgehead atoms. The van der Waals surface area contributed by atoms with Gasteiger partial charge in [-0.25, -0.2) is 0 Å². The van der Waals surface area contributed by atoms with Crippen LogP contribution in [0.3, 0.4) is 0 Å². The number of allylic oxidation sites excluding steroid dienone is 16. The molecule has 3 atom stereocenters. The van der Waals surface area contributed by atoms with E-state index in [4.69, 9.17) is 4.74 Å². The van der Waals surface area contributed by atoms with E-state index in [1.54, 1.807) is 0 Å². The van der Waals surface area contributed by atoms with E-state index < -0.39 is 18.2 Å². The number of aliphatic hydroxyl groups excluding tert-OH is 2. The van der Waals surface area contributed by atoms with Crippen LogP contribution in [-0.4, -0.2) is 46.9 Å². The molecule has 3 unspecified atom stereocenters. The molecule has 0 aromatic rings. The molecule has 0 fully saturated rings. The van der Waals surface area contributed by atoms with Gasteiger partial charge in [0, 0.05) is 6.42 Å². The van der Waals surface area contributed by atoms with Gasteiger partial charge in [0.2, 0.25) is 5.91 Å². The average molecular weight is 918 g/mol. The maximum absolute atomic E-state index is 13.2. The highest BCUT2D eigenvalue weighted by atomic mass is 16.5. The normalized spacial score (nSPS) is 14.0. The Kier molecular flexibility index (Phi) is 50.2. The second kappa shape index (κ2) is 52.7. The monoisotopic (exact) mass is 918 g/mol. The van der Waals surface area contributed by atoms with Gasteiger partial charge in [0.25, 0.3) is 0 Å². The van der Waals surface area contributed by atoms with Gasteiger partial charge < -0.3 is 20.3 Å². The minimum absolute atomic E-state index is 0.0155. The Morgan fingerprint density at radius 1 is 0.455 bits per heavy atom. The molecule has 3 N–H and O–H groups in total. The maximum atomic E-state index is 13.2. The van der Waals surface area contributed by atoms with E-state index in [1.165, 1.54) is 122 Å². The molecule has 0 aliphatic carbocycles. The van der Waals surface area contributed by atoms with Crippen molar-refractivity contribution in [3.8, 4) is 0 Å². The number of ether oxygens (including phenoxy) is 1. The quantitative estimate of drug-likeness (QED) is 0.0321. The fourth-order valence-electron chi connectivity index (χ4n) is 7.93. The first kappa shape index (κ1) is 62.8. The third-order valence-electron chi connectivity index (χ3n) is 12.1. The molecular formula is C60H103NO5. The number of hydrogen-bond acceptors (Lipinski definition) is 5. The zero-order chi connectivity index (χ0) is 48.1. The molecule has 0 heterocycles. The molecule has 0 rings (SSSR count). The highest BCUT2D eigenvalue weighted by Crippen LogP contribution is 2.17. The van der Waals surface area contributed by atoms with E-state index >= 15 is 0 Å². The summed E-state index contributed by atoms with van der Waals surface area (Å²) in [6.45, 7) is 6.31. The van der Waals surface area contributed by atoms with E-state index in [2.05, 4.69) is 62.5 Å². The second-order valence-corrected chi connectivity index (χ2v) is 18.4. The number of rotatable bonds is 48. The number of aliphatic hydroxyl groups is 2. The Morgan fingerprint density at radius 3 is 1.29 bits per heavy atom. The average Bonchev–Trinajstić information content (AvgIpc) is 3.31. The molecule has 1 amide bonds. The summed E-state index contributed by atoms with van der Waals surface area (Å²) >= 11 is 0. The summed E-state index contributed by atoms with van der Waals surface area (Å²) in [4.78, 5) is 26.2. The predicted octanol–water partition coefficient (Wildman–Crippen LogP) is 16.9. The van der Waals surface area contributed by atoms with Gasteiger partial charge >= 0.3 is 5.97 Å². The lowest BCUT2D eigenvalue weighted by Gasteiger charge is -2.24. The van der Waals surface area contributed by atoms with Gasteiger partial charge in [-0.3, -0.25) is 9.59 Å². The van der Waals surface area contributed by atoms with E-state index in [0.717, 1.165) is 77.0 Å². The zero-order valence-corrected chi connectivity index (χ0v) is 43.0. The number of carbonyl (C=O) groups excluding carboxylic acids is 2. The van der Waals surface area contributed by atoms with Gasteiger partial charge in [-0.05, 0) is 64.2 Å². The minimum atomic E-state index is -0.816. The van der Waals surface area contributed by atoms with Gasteiger partial charge in [-0.2, -0.15) is 0 Å². The standard InChI is InChI=1S/C60H103NO5/c1-4-7-10-13-16-19-22-25-28-29-30-32-35-38-41-44-47-50-53-60(65)66-56(51-48-45-42-39-36-33-31-26-23-20-17-14-11-8-5-2)54-59(64)61-57(55-62)58(63)52-49-46-43-40-37-34-27-24-21-18-15-12-9-6-3/h8,11,14,17,20,23,26,28-33,36,39,42,56-58,62-63H,4-7,9-10,12-13,15-16,18-19,21-22,24-25,27,34-35,37-38,40-41,43-55H2,1-3H3,(H,61,64)/b11-8-,17-14+,23-20+,29-28+,31-26-,32-30+,36-33+,42-39+. The maximum Gasteiger partial charge on any atom is 0.306 e. The van der Waals surface area contributed by atoms with E-state index in [0.29, 0.717) is 19.3 Å². The molecule has 0 aliphatic rings. The predicted molar refractivity (Wildman–Crippen MR) is 287 cm³/mol. The van der Waals surface area contributed by atoms with Crippen molar-refractivity contribution in [2.45, 2.75) is 264 Å². The van der Waals surface area contributed by atoms with Crippen LogP contribution in [0.4, 0.5) is 0 Å². The number of amides is 1. The Bertz CT molecular complexity index is 1310. The molecule has 0 aromatic carbocycles. The third-order valence-corrected chi connectivity index (χ3v) is 12.1. The Morgan fingerprint density at radius 2 is 0.833 bits per heavy atom. The summed E-state index contributed by atoms with van der Waals surface area (Å²) in [5, 5.41) is 23.8. The molecule has 6 nitrogen and oxygen atoms in total. The van der Waals surface area contributed by atoms with Crippen molar-refractivity contribution in [1.82, 2.24) is 5.32 Å². The van der Waals surface area contributed by atoms with Crippen molar-refractivity contribution in [3.05, 3.63) is 97.2 Å². The number of unbranched alkanes of at least 4 members (excludes halogenated alkanes) is 26. The SMILES string of the molecule is CC\C=C/C=C/C=C/C=C\C=C\C=C\CCCC(CC(=O)NC(CO)C(O)CCCCCCCCCCCCCCCC)OC(=O)CCCCCCC/C=C/C=C/CCCCCCCCC. The van der Waals surface area contributed by atoms with Crippen LogP contribution in [0.2, 0.25) is 0 Å². The topological polar surface area (TPSA) is 95.9 Å². The summed E-state index contributed by atoms with van der Waals surface area (Å²) in [6.07, 6.45) is 70.4. The molecule has 0 aromatic heterocycles. The van der Waals surface area contributed by atoms with E-state index in [9.17, 15) is 19.8 Å². The lowest BCUT2D eigenvalue weighted by molar-refractivity contribution is -0.151. The molecule has 0 spiro atoms. The molecule has 6 heteroatoms. The van der Waals surface area contributed by atoms with Gasteiger partial charge in [0.15, 0.2) is 0 Å². The van der Waals surface area contributed by atoms with Crippen LogP contribution in [0.1, 0.15) is 245 Å². The second-order valence-electron chi connectivity index (χ2n) is 18.4. The lowest BCUT2D eigenvalue weighted by Crippen LogP contribution is -2.46. The van der Waals surface area contributed by atoms with Crippen molar-refractivity contribution in [1.29, 1.82) is 0 Å². The van der Waals surface area contributed by atoms with Crippen LogP contribution in [0, 0.1) is 0 Å². The van der Waals surface area contributed by atoms with Crippen LogP contribution in [0.25, 0.3) is 0 Å². The largest absolute Gasteiger partial charge is 0.462 e. The fourth-order valence-corrected chi connectivity index (χ4v) is 7.93. The molecule has 0 saturated carbocycles. The van der Waals surface area contributed by atoms with Crippen LogP contribution in [-0.2, 0) is 14.3 Å². The van der Waals surface area contributed by atoms with Crippen LogP contribution >= 0.6 is 0 Å². The van der Waals surface area contributed by atoms with Crippen LogP contribution in [0.15, 0.2) is 97.2 Å². The Balaban J connectivity index is 4.72. The van der Waals surface area contributed by atoms with Gasteiger partial charge in [0.1, 0.15) is 6.10 Å². The summed E-state index contributed by atoms with van der Waals surface area (Å²) in [5.74, 6) is -0.570. The Labute approximate surface area is 407 Å². The zero-order valence-electron chi connectivity index (χ0n) is 43.0. The lowest BCUT2D eigenvalue weighted by atomic mass is 10.0. The molecular weight excluding hydrogens is 815 g/mol. The van der Waals surface area contributed by atoms with Crippen molar-refractivity contribution in [2.75, 3.05) is 6.61 Å². The molecule has 0 saturated heterocycles. The van der Waals surface area contributed by atoms with E-state index in [1.807, 2.05) is 60.8 Å². The van der Waals surface area contributed by atoms with E-state index in [-0.39, 0.29) is 24.9 Å². The molecule has 0 aliphatic heterocycles. The smallest absolute Gasteiger partial charge is 0.306 e. The van der Waals surface area contributed by atoms with Crippen molar-refractivity contribution >= 4 is 11.9 Å². The molecule has 0 radical (unpaired) electrons. The van der Waals surface area contributed by atoms with Crippen LogP contribution < -0.4 is 5.32 Å². The van der Waals surface area contributed by atoms with Gasteiger partial charge in [-0.1, -0.05) is 266 Å². The first-order valence-corrected chi connectivity index (χ1v) is 27.6. The first-order valence-electron chi connectivity index (χ1n) is 27.6. The number of nitrogens with one attached hydrogen (secondary N) is 1. The number of hydrogen-bond donors (Lipinski definition) is 3. The highest BCUT2D eigenvalue weighted by molar-refractivity contribution is 5.77. The van der Waals surface area contributed by atoms with Crippen molar-refractivity contribution in [3.63, 3.8) is 0 Å². The van der Waals surface area contributed by atoms with Crippen LogP contribution in [0.5, 0.6) is 0 Å². The fraction of sp³-hybridized carbons (Fsp3) is 0.700. The minimum Gasteiger partial charge on any atom is -0.462 e. The molecule has 378 valence electrons. The summed E-state index contributed by atoms with van der Waals surface area (Å²) < 4.78 is 5.90. The molecule has 66 heavy (non-hydrogen) atoms. The van der Waals surface area contributed by atoms with Crippen molar-refractivity contribution < 1.29 is 24.5 Å². The number of carbonyl (C=O) groups is 2. The third kappa shape index (κ3) is 47.3. The first-order chi connectivity index (χ1) is 32.5. The summed E-state index contributed by atoms with van der Waals surface area (Å²) in [6, 6.07) is -0.735. The number of esters is 1. The highest BCUT2D eigenvalue weighted by Gasteiger charge is 2.24. The van der Waals surface area contributed by atoms with Gasteiger partial charge in [-0.15, -0.1) is 0 Å². The summed E-state index contributed by atoms with van der Waals surface area (Å²) in [5.41, 5.74) is 0. The van der Waals surface area contributed by atoms with Crippen molar-refractivity contribution in [2.24, 2.45) is 0 Å².